The fourth-order valence-electron chi connectivity index (χ4n) is 3.00. The van der Waals surface area contributed by atoms with E-state index in [1.54, 1.807) is 6.20 Å². The van der Waals surface area contributed by atoms with Gasteiger partial charge in [0.05, 0.1) is 16.1 Å². The average molecular weight is 324 g/mol. The lowest BCUT2D eigenvalue weighted by molar-refractivity contribution is -0.133. The van der Waals surface area contributed by atoms with Crippen molar-refractivity contribution < 1.29 is 4.79 Å². The van der Waals surface area contributed by atoms with E-state index in [1.165, 1.54) is 0 Å². The summed E-state index contributed by atoms with van der Waals surface area (Å²) in [5, 5.41) is 0. The van der Waals surface area contributed by atoms with E-state index >= 15 is 0 Å². The number of nitrogens with zero attached hydrogens (tertiary/aromatic N) is 3. The number of hydrogen-bond acceptors (Lipinski definition) is 3. The van der Waals surface area contributed by atoms with Gasteiger partial charge in [-0.3, -0.25) is 9.78 Å². The van der Waals surface area contributed by atoms with Gasteiger partial charge in [-0.05, 0) is 41.3 Å². The maximum absolute atomic E-state index is 12.4. The third-order valence-corrected chi connectivity index (χ3v) is 4.66. The molecule has 1 unspecified atom stereocenters. The van der Waals surface area contributed by atoms with Gasteiger partial charge >= 0.3 is 0 Å². The fourth-order valence-corrected chi connectivity index (χ4v) is 3.50. The van der Waals surface area contributed by atoms with E-state index in [0.717, 1.165) is 55.6 Å². The number of amides is 1. The number of aromatic nitrogens is 1. The van der Waals surface area contributed by atoms with Crippen molar-refractivity contribution in [3.63, 3.8) is 0 Å². The Labute approximate surface area is 121 Å². The van der Waals surface area contributed by atoms with E-state index in [0.29, 0.717) is 5.91 Å². The lowest BCUT2D eigenvalue weighted by Gasteiger charge is -2.22. The highest BCUT2D eigenvalue weighted by Crippen LogP contribution is 2.30. The van der Waals surface area contributed by atoms with Crippen LogP contribution >= 0.6 is 15.9 Å². The Morgan fingerprint density at radius 2 is 2.11 bits per heavy atom. The first-order chi connectivity index (χ1) is 9.25. The maximum atomic E-state index is 12.4. The van der Waals surface area contributed by atoms with Gasteiger partial charge < -0.3 is 9.80 Å². The Hall–Kier alpha value is -1.10. The monoisotopic (exact) mass is 323 g/mol. The lowest BCUT2D eigenvalue weighted by atomic mass is 10.1. The molecule has 0 N–H and O–H groups in total. The van der Waals surface area contributed by atoms with Crippen LogP contribution in [-0.2, 0) is 4.79 Å². The number of pyridine rings is 1. The van der Waals surface area contributed by atoms with E-state index in [1.807, 2.05) is 17.2 Å². The topological polar surface area (TPSA) is 36.4 Å². The zero-order valence-corrected chi connectivity index (χ0v) is 12.5. The van der Waals surface area contributed by atoms with Crippen LogP contribution < -0.4 is 4.90 Å². The molecule has 19 heavy (non-hydrogen) atoms. The van der Waals surface area contributed by atoms with Crippen molar-refractivity contribution >= 4 is 27.5 Å². The first-order valence-corrected chi connectivity index (χ1v) is 7.68. The van der Waals surface area contributed by atoms with Gasteiger partial charge in [-0.15, -0.1) is 0 Å². The maximum Gasteiger partial charge on any atom is 0.227 e. The average Bonchev–Trinajstić information content (AvgIpc) is 3.10. The Bertz CT molecular complexity index is 474. The molecule has 2 saturated heterocycles. The predicted molar refractivity (Wildman–Crippen MR) is 78.1 cm³/mol. The van der Waals surface area contributed by atoms with Crippen molar-refractivity contribution in [1.29, 1.82) is 0 Å². The highest BCUT2D eigenvalue weighted by molar-refractivity contribution is 9.10. The molecule has 1 aromatic rings. The third kappa shape index (κ3) is 2.61. The lowest BCUT2D eigenvalue weighted by Crippen LogP contribution is -2.35. The van der Waals surface area contributed by atoms with Gasteiger partial charge in [0.25, 0.3) is 0 Å². The number of halogens is 1. The van der Waals surface area contributed by atoms with Crippen molar-refractivity contribution in [1.82, 2.24) is 9.88 Å². The molecule has 0 saturated carbocycles. The quantitative estimate of drug-likeness (QED) is 0.837. The fraction of sp³-hybridized carbons (Fsp3) is 0.571. The summed E-state index contributed by atoms with van der Waals surface area (Å²) >= 11 is 3.53. The minimum atomic E-state index is 0.165. The summed E-state index contributed by atoms with van der Waals surface area (Å²) < 4.78 is 1.00. The second-order valence-electron chi connectivity index (χ2n) is 5.29. The number of likely N-dealkylation sites (tertiary alicyclic amines) is 1. The molecule has 102 valence electrons. The van der Waals surface area contributed by atoms with Crippen molar-refractivity contribution in [3.05, 3.63) is 22.9 Å². The summed E-state index contributed by atoms with van der Waals surface area (Å²) in [6, 6.07) is 2.01. The SMILES string of the molecule is O=C(C1CCN(c2ccncc2Br)C1)N1CCCC1. The molecule has 1 amide bonds. The molecule has 3 heterocycles. The smallest absolute Gasteiger partial charge is 0.227 e. The number of carbonyl (C=O) groups excluding carboxylic acids is 1. The van der Waals surface area contributed by atoms with E-state index < -0.39 is 0 Å². The zero-order valence-electron chi connectivity index (χ0n) is 10.9. The molecule has 2 fully saturated rings. The predicted octanol–water partition coefficient (Wildman–Crippen LogP) is 2.29. The van der Waals surface area contributed by atoms with Crippen molar-refractivity contribution in [2.75, 3.05) is 31.1 Å². The second kappa shape index (κ2) is 5.49. The van der Waals surface area contributed by atoms with E-state index in [4.69, 9.17) is 0 Å². The Morgan fingerprint density at radius 1 is 1.32 bits per heavy atom. The van der Waals surface area contributed by atoms with Crippen molar-refractivity contribution in [3.8, 4) is 0 Å². The highest BCUT2D eigenvalue weighted by atomic mass is 79.9. The third-order valence-electron chi connectivity index (χ3n) is 4.05. The largest absolute Gasteiger partial charge is 0.370 e. The molecule has 5 heteroatoms. The molecule has 2 aliphatic rings. The summed E-state index contributed by atoms with van der Waals surface area (Å²) in [6.45, 7) is 3.69. The first-order valence-electron chi connectivity index (χ1n) is 6.89. The van der Waals surface area contributed by atoms with Gasteiger partial charge in [0, 0.05) is 38.6 Å². The Kier molecular flexibility index (Phi) is 3.73. The molecular weight excluding hydrogens is 306 g/mol. The van der Waals surface area contributed by atoms with Gasteiger partial charge in [0.2, 0.25) is 5.91 Å². The molecule has 1 atom stereocenters. The molecule has 0 bridgehead atoms. The minimum absolute atomic E-state index is 0.165. The Morgan fingerprint density at radius 3 is 2.84 bits per heavy atom. The van der Waals surface area contributed by atoms with Gasteiger partial charge in [-0.1, -0.05) is 0 Å². The zero-order chi connectivity index (χ0) is 13.2. The van der Waals surface area contributed by atoms with Gasteiger partial charge in [0.1, 0.15) is 0 Å². The normalized spacial score (nSPS) is 23.1. The van der Waals surface area contributed by atoms with Crippen molar-refractivity contribution in [2.45, 2.75) is 19.3 Å². The van der Waals surface area contributed by atoms with E-state index in [2.05, 4.69) is 25.8 Å². The number of hydrogen-bond donors (Lipinski definition) is 0. The van der Waals surface area contributed by atoms with E-state index in [9.17, 15) is 4.79 Å². The van der Waals surface area contributed by atoms with Crippen LogP contribution in [0.25, 0.3) is 0 Å². The van der Waals surface area contributed by atoms with Crippen LogP contribution in [-0.4, -0.2) is 42.0 Å². The molecule has 1 aromatic heterocycles. The molecule has 0 radical (unpaired) electrons. The van der Waals surface area contributed by atoms with Crippen LogP contribution in [0.15, 0.2) is 22.9 Å². The second-order valence-corrected chi connectivity index (χ2v) is 6.15. The Balaban J connectivity index is 1.67. The summed E-state index contributed by atoms with van der Waals surface area (Å²) in [5.41, 5.74) is 1.15. The van der Waals surface area contributed by atoms with Crippen LogP contribution in [0.5, 0.6) is 0 Å². The summed E-state index contributed by atoms with van der Waals surface area (Å²) in [6.07, 6.45) is 6.90. The van der Waals surface area contributed by atoms with Gasteiger partial charge in [-0.2, -0.15) is 0 Å². The molecular formula is C14H18BrN3O. The van der Waals surface area contributed by atoms with Gasteiger partial charge in [0.15, 0.2) is 0 Å². The molecule has 0 aromatic carbocycles. The van der Waals surface area contributed by atoms with Crippen LogP contribution in [0.4, 0.5) is 5.69 Å². The first kappa shape index (κ1) is 12.9. The summed E-state index contributed by atoms with van der Waals surface area (Å²) in [5.74, 6) is 0.517. The number of carbonyl (C=O) groups is 1. The van der Waals surface area contributed by atoms with Crippen LogP contribution in [0.2, 0.25) is 0 Å². The van der Waals surface area contributed by atoms with Crippen molar-refractivity contribution in [2.24, 2.45) is 5.92 Å². The molecule has 0 spiro atoms. The highest BCUT2D eigenvalue weighted by Gasteiger charge is 2.32. The van der Waals surface area contributed by atoms with Gasteiger partial charge in [-0.25, -0.2) is 0 Å². The van der Waals surface area contributed by atoms with Crippen LogP contribution in [0, 0.1) is 5.92 Å². The molecule has 0 aliphatic carbocycles. The number of anilines is 1. The number of rotatable bonds is 2. The molecule has 3 rings (SSSR count). The summed E-state index contributed by atoms with van der Waals surface area (Å²) in [4.78, 5) is 20.8. The van der Waals surface area contributed by atoms with Crippen LogP contribution in [0.1, 0.15) is 19.3 Å². The van der Waals surface area contributed by atoms with E-state index in [-0.39, 0.29) is 5.92 Å². The summed E-state index contributed by atoms with van der Waals surface area (Å²) in [7, 11) is 0. The molecule has 4 nitrogen and oxygen atoms in total. The minimum Gasteiger partial charge on any atom is -0.370 e. The van der Waals surface area contributed by atoms with Crippen LogP contribution in [0.3, 0.4) is 0 Å². The molecule has 2 aliphatic heterocycles. The standard InChI is InChI=1S/C14H18BrN3O/c15-12-9-16-5-3-13(12)18-8-4-11(10-18)14(19)17-6-1-2-7-17/h3,5,9,11H,1-2,4,6-8,10H2.